The number of para-hydroxylation sites is 1. The number of hydrogen-bond donors (Lipinski definition) is 0. The molecule has 0 N–H and O–H groups in total. The minimum Gasteiger partial charge on any atom is -0.546 e. The first-order valence-corrected chi connectivity index (χ1v) is 6.50. The zero-order valence-electron chi connectivity index (χ0n) is 13.1. The Hall–Kier alpha value is -1.04. The minimum atomic E-state index is -1.47. The number of aliphatic carboxylic acids is 1. The van der Waals surface area contributed by atoms with Crippen molar-refractivity contribution in [2.75, 3.05) is 6.61 Å². The van der Waals surface area contributed by atoms with Crippen LogP contribution in [0.15, 0.2) is 18.2 Å². The van der Waals surface area contributed by atoms with E-state index in [9.17, 15) is 14.7 Å². The molecule has 0 aliphatic heterocycles. The quantitative estimate of drug-likeness (QED) is 0.404. The summed E-state index contributed by atoms with van der Waals surface area (Å²) in [6.07, 6.45) is -1.04. The van der Waals surface area contributed by atoms with Gasteiger partial charge in [-0.2, -0.15) is 0 Å². The number of carboxylic acids is 1. The molecule has 1 aromatic rings. The molecule has 6 heteroatoms. The summed E-state index contributed by atoms with van der Waals surface area (Å²) in [5, 5.41) is 10.3. The maximum absolute atomic E-state index is 11.5. The second-order valence-corrected chi connectivity index (χ2v) is 5.09. The zero-order valence-corrected chi connectivity index (χ0v) is 15.1. The van der Waals surface area contributed by atoms with E-state index in [1.165, 1.54) is 0 Å². The fourth-order valence-electron chi connectivity index (χ4n) is 1.83. The first-order valence-electron chi connectivity index (χ1n) is 6.50. The Kier molecular flexibility index (Phi) is 8.63. The van der Waals surface area contributed by atoms with Crippen molar-refractivity contribution in [2.24, 2.45) is 0 Å². The summed E-state index contributed by atoms with van der Waals surface area (Å²) in [6, 6.07) is 5.65. The summed E-state index contributed by atoms with van der Waals surface area (Å²) in [6.45, 7) is 7.12. The van der Waals surface area contributed by atoms with Crippen LogP contribution in [-0.4, -0.2) is 18.7 Å². The molecule has 0 aromatic heterocycles. The van der Waals surface area contributed by atoms with Gasteiger partial charge in [-0.05, 0) is 23.0 Å². The van der Waals surface area contributed by atoms with Gasteiger partial charge in [0.25, 0.3) is 0 Å². The average Bonchev–Trinajstić information content (AvgIpc) is 2.36. The van der Waals surface area contributed by atoms with E-state index in [-0.39, 0.29) is 41.4 Å². The summed E-state index contributed by atoms with van der Waals surface area (Å²) in [5.41, 5.74) is 1.75. The van der Waals surface area contributed by atoms with Crippen LogP contribution in [0.4, 0.5) is 4.79 Å². The van der Waals surface area contributed by atoms with Gasteiger partial charge in [-0.25, -0.2) is 4.79 Å². The van der Waals surface area contributed by atoms with Gasteiger partial charge in [0, 0.05) is 0 Å². The summed E-state index contributed by atoms with van der Waals surface area (Å²) in [5.74, 6) is -0.695. The van der Waals surface area contributed by atoms with Crippen LogP contribution < -0.4 is 39.4 Å². The monoisotopic (exact) mass is 302 g/mol. The number of rotatable bonds is 5. The van der Waals surface area contributed by atoms with Gasteiger partial charge in [0.1, 0.15) is 12.4 Å². The van der Waals surface area contributed by atoms with E-state index in [0.29, 0.717) is 5.75 Å². The Bertz CT molecular complexity index is 471. The van der Waals surface area contributed by atoms with Crippen LogP contribution in [0, 0.1) is 0 Å². The third-order valence-corrected chi connectivity index (χ3v) is 2.81. The van der Waals surface area contributed by atoms with E-state index in [1.807, 2.05) is 45.9 Å². The van der Waals surface area contributed by atoms with Crippen molar-refractivity contribution in [3.63, 3.8) is 0 Å². The first kappa shape index (κ1) is 20.0. The molecule has 21 heavy (non-hydrogen) atoms. The minimum absolute atomic E-state index is 0. The Morgan fingerprint density at radius 2 is 1.57 bits per heavy atom. The smallest absolute Gasteiger partial charge is 0.546 e. The molecule has 0 saturated carbocycles. The predicted octanol–water partition coefficient (Wildman–Crippen LogP) is -0.797. The van der Waals surface area contributed by atoms with Gasteiger partial charge >= 0.3 is 35.7 Å². The van der Waals surface area contributed by atoms with Gasteiger partial charge < -0.3 is 19.4 Å². The van der Waals surface area contributed by atoms with Crippen molar-refractivity contribution in [1.29, 1.82) is 0 Å². The van der Waals surface area contributed by atoms with E-state index in [0.717, 1.165) is 11.1 Å². The molecule has 5 nitrogen and oxygen atoms in total. The third-order valence-electron chi connectivity index (χ3n) is 2.81. The Morgan fingerprint density at radius 3 is 1.95 bits per heavy atom. The second-order valence-electron chi connectivity index (χ2n) is 5.09. The van der Waals surface area contributed by atoms with Crippen LogP contribution in [0.25, 0.3) is 0 Å². The summed E-state index contributed by atoms with van der Waals surface area (Å²) in [7, 11) is 0. The number of hydrogen-bond acceptors (Lipinski definition) is 5. The van der Waals surface area contributed by atoms with Crippen LogP contribution >= 0.6 is 0 Å². The molecule has 0 heterocycles. The molecular weight excluding hydrogens is 283 g/mol. The van der Waals surface area contributed by atoms with Crippen molar-refractivity contribution in [2.45, 2.75) is 39.5 Å². The number of carboxylic acid groups (broad SMARTS) is 1. The maximum Gasteiger partial charge on any atom is 1.00 e. The van der Waals surface area contributed by atoms with Gasteiger partial charge in [0.15, 0.2) is 0 Å². The van der Waals surface area contributed by atoms with Gasteiger partial charge in [-0.3, -0.25) is 0 Å². The fourth-order valence-corrected chi connectivity index (χ4v) is 1.83. The fraction of sp³-hybridized carbons (Fsp3) is 0.467. The Balaban J connectivity index is 0.00000400. The number of carbonyl (C=O) groups is 2. The molecule has 0 radical (unpaired) electrons. The van der Waals surface area contributed by atoms with Gasteiger partial charge in [0.2, 0.25) is 0 Å². The van der Waals surface area contributed by atoms with Gasteiger partial charge in [0.05, 0.1) is 5.97 Å². The first-order chi connectivity index (χ1) is 9.32. The summed E-state index contributed by atoms with van der Waals surface area (Å²) in [4.78, 5) is 21.8. The van der Waals surface area contributed by atoms with Crippen LogP contribution in [0.3, 0.4) is 0 Å². The van der Waals surface area contributed by atoms with Gasteiger partial charge in [-0.1, -0.05) is 45.9 Å². The molecule has 0 bridgehead atoms. The Morgan fingerprint density at radius 1 is 1.10 bits per heavy atom. The van der Waals surface area contributed by atoms with Crippen molar-refractivity contribution in [1.82, 2.24) is 0 Å². The van der Waals surface area contributed by atoms with Crippen LogP contribution in [-0.2, 0) is 9.53 Å². The maximum atomic E-state index is 11.5. The van der Waals surface area contributed by atoms with Crippen LogP contribution in [0.2, 0.25) is 0 Å². The normalized spacial score (nSPS) is 10.2. The molecule has 110 valence electrons. The van der Waals surface area contributed by atoms with Crippen molar-refractivity contribution < 1.29 is 53.7 Å². The molecular formula is C15H19NaO5. The largest absolute Gasteiger partial charge is 1.00 e. The van der Waals surface area contributed by atoms with Gasteiger partial charge in [-0.15, -0.1) is 0 Å². The number of benzene rings is 1. The van der Waals surface area contributed by atoms with Crippen molar-refractivity contribution >= 4 is 12.1 Å². The van der Waals surface area contributed by atoms with E-state index in [2.05, 4.69) is 4.74 Å². The standard InChI is InChI=1S/C15H20O5.Na/c1-9(2)11-6-5-7-12(10(3)4)14(11)20-15(18)19-8-13(16)17;/h5-7,9-10H,8H2,1-4H3,(H,16,17);/q;+1/p-1. The molecule has 0 fully saturated rings. The van der Waals surface area contributed by atoms with Crippen molar-refractivity contribution in [3.8, 4) is 5.75 Å². The molecule has 0 aliphatic rings. The topological polar surface area (TPSA) is 75.7 Å². The van der Waals surface area contributed by atoms with E-state index in [1.54, 1.807) is 0 Å². The van der Waals surface area contributed by atoms with Crippen LogP contribution in [0.5, 0.6) is 5.75 Å². The predicted molar refractivity (Wildman–Crippen MR) is 71.6 cm³/mol. The summed E-state index contributed by atoms with van der Waals surface area (Å²) >= 11 is 0. The SMILES string of the molecule is CC(C)c1cccc(C(C)C)c1OC(=O)OCC(=O)[O-].[Na+]. The van der Waals surface area contributed by atoms with Crippen molar-refractivity contribution in [3.05, 3.63) is 29.3 Å². The van der Waals surface area contributed by atoms with E-state index in [4.69, 9.17) is 4.74 Å². The number of carbonyl (C=O) groups excluding carboxylic acids is 2. The van der Waals surface area contributed by atoms with E-state index >= 15 is 0 Å². The zero-order chi connectivity index (χ0) is 15.3. The average molecular weight is 302 g/mol. The van der Waals surface area contributed by atoms with E-state index < -0.39 is 18.7 Å². The molecule has 0 saturated heterocycles. The second kappa shape index (κ2) is 9.07. The molecule has 0 amide bonds. The molecule has 0 spiro atoms. The Labute approximate surface area is 146 Å². The molecule has 0 atom stereocenters. The molecule has 0 aliphatic carbocycles. The molecule has 1 rings (SSSR count). The number of ether oxygens (including phenoxy) is 2. The molecule has 0 unspecified atom stereocenters. The summed E-state index contributed by atoms with van der Waals surface area (Å²) < 4.78 is 9.65. The molecule has 1 aromatic carbocycles. The third kappa shape index (κ3) is 6.08. The van der Waals surface area contributed by atoms with Crippen LogP contribution in [0.1, 0.15) is 50.7 Å².